The van der Waals surface area contributed by atoms with Crippen LogP contribution < -0.4 is 5.32 Å². The summed E-state index contributed by atoms with van der Waals surface area (Å²) in [5.41, 5.74) is 11.4. The van der Waals surface area contributed by atoms with Crippen molar-refractivity contribution in [3.8, 4) is 0 Å². The Kier molecular flexibility index (Phi) is 4.36. The van der Waals surface area contributed by atoms with Crippen LogP contribution in [-0.2, 0) is 13.1 Å². The van der Waals surface area contributed by atoms with Crippen molar-refractivity contribution in [3.63, 3.8) is 0 Å². The van der Waals surface area contributed by atoms with Crippen LogP contribution in [0, 0.1) is 0 Å². The smallest absolute Gasteiger partial charge is 0.0420 e. The van der Waals surface area contributed by atoms with Crippen molar-refractivity contribution in [2.75, 3.05) is 0 Å². The van der Waals surface area contributed by atoms with Gasteiger partial charge in [0.15, 0.2) is 0 Å². The highest BCUT2D eigenvalue weighted by molar-refractivity contribution is 5.45. The van der Waals surface area contributed by atoms with Crippen molar-refractivity contribution < 1.29 is 0 Å². The quantitative estimate of drug-likeness (QED) is 0.479. The second-order valence-electron chi connectivity index (χ2n) is 3.91. The molecule has 2 rings (SSSR count). The fourth-order valence-electron chi connectivity index (χ4n) is 1.74. The molecule has 0 heterocycles. The average molecular weight is 238 g/mol. The van der Waals surface area contributed by atoms with Gasteiger partial charge in [-0.15, -0.1) is 0 Å². The lowest BCUT2D eigenvalue weighted by atomic mass is 10.1. The lowest BCUT2D eigenvalue weighted by Crippen LogP contribution is -2.12. The lowest BCUT2D eigenvalue weighted by molar-refractivity contribution is 0.694. The Hall–Kier alpha value is -2.29. The summed E-state index contributed by atoms with van der Waals surface area (Å²) in [6, 6.07) is 17.8. The third-order valence-electron chi connectivity index (χ3n) is 2.63. The SMILES string of the molecule is [N-]=[N+]=Nc1ccccc1CNCc1ccccc1. The first kappa shape index (κ1) is 12.2. The van der Waals surface area contributed by atoms with Gasteiger partial charge in [-0.25, -0.2) is 0 Å². The molecule has 2 aromatic rings. The summed E-state index contributed by atoms with van der Waals surface area (Å²) < 4.78 is 0. The zero-order valence-electron chi connectivity index (χ0n) is 9.95. The summed E-state index contributed by atoms with van der Waals surface area (Å²) in [7, 11) is 0. The van der Waals surface area contributed by atoms with Crippen molar-refractivity contribution >= 4 is 5.69 Å². The molecule has 4 nitrogen and oxygen atoms in total. The van der Waals surface area contributed by atoms with E-state index < -0.39 is 0 Å². The van der Waals surface area contributed by atoms with Gasteiger partial charge < -0.3 is 5.32 Å². The number of benzene rings is 2. The molecule has 0 radical (unpaired) electrons. The van der Waals surface area contributed by atoms with Gasteiger partial charge in [0.2, 0.25) is 0 Å². The largest absolute Gasteiger partial charge is 0.309 e. The van der Waals surface area contributed by atoms with E-state index in [9.17, 15) is 0 Å². The van der Waals surface area contributed by atoms with E-state index in [1.165, 1.54) is 5.56 Å². The molecule has 90 valence electrons. The van der Waals surface area contributed by atoms with Crippen LogP contribution in [-0.4, -0.2) is 0 Å². The molecule has 2 aromatic carbocycles. The van der Waals surface area contributed by atoms with E-state index in [-0.39, 0.29) is 0 Å². The summed E-state index contributed by atoms with van der Waals surface area (Å²) in [6.45, 7) is 1.48. The molecule has 0 amide bonds. The zero-order chi connectivity index (χ0) is 12.6. The van der Waals surface area contributed by atoms with Crippen molar-refractivity contribution in [2.24, 2.45) is 5.11 Å². The number of hydrogen-bond acceptors (Lipinski definition) is 2. The molecule has 0 saturated heterocycles. The minimum absolute atomic E-state index is 0.681. The molecule has 4 heteroatoms. The van der Waals surface area contributed by atoms with Gasteiger partial charge in [-0.1, -0.05) is 59.7 Å². The van der Waals surface area contributed by atoms with E-state index >= 15 is 0 Å². The van der Waals surface area contributed by atoms with Crippen LogP contribution in [0.15, 0.2) is 59.7 Å². The predicted octanol–water partition coefficient (Wildman–Crippen LogP) is 3.92. The van der Waals surface area contributed by atoms with Crippen molar-refractivity contribution in [2.45, 2.75) is 13.1 Å². The van der Waals surface area contributed by atoms with Crippen LogP contribution >= 0.6 is 0 Å². The molecular weight excluding hydrogens is 224 g/mol. The normalized spacial score (nSPS) is 9.78. The van der Waals surface area contributed by atoms with E-state index in [1.54, 1.807) is 0 Å². The van der Waals surface area contributed by atoms with Crippen LogP contribution in [0.2, 0.25) is 0 Å². The molecule has 0 fully saturated rings. The molecule has 0 aliphatic carbocycles. The van der Waals surface area contributed by atoms with E-state index in [1.807, 2.05) is 42.5 Å². The van der Waals surface area contributed by atoms with Gasteiger partial charge in [-0.3, -0.25) is 0 Å². The Balaban J connectivity index is 1.96. The Morgan fingerprint density at radius 3 is 2.44 bits per heavy atom. The van der Waals surface area contributed by atoms with Gasteiger partial charge in [-0.2, -0.15) is 0 Å². The van der Waals surface area contributed by atoms with Crippen molar-refractivity contribution in [1.29, 1.82) is 0 Å². The third kappa shape index (κ3) is 3.35. The molecule has 0 spiro atoms. The number of nitrogens with zero attached hydrogens (tertiary/aromatic N) is 3. The van der Waals surface area contributed by atoms with E-state index in [0.29, 0.717) is 12.2 Å². The van der Waals surface area contributed by atoms with Gasteiger partial charge in [0.05, 0.1) is 0 Å². The molecule has 1 N–H and O–H groups in total. The van der Waals surface area contributed by atoms with E-state index in [0.717, 1.165) is 12.1 Å². The molecule has 0 atom stereocenters. The summed E-state index contributed by atoms with van der Waals surface area (Å²) in [5, 5.41) is 7.01. The van der Waals surface area contributed by atoms with Crippen LogP contribution in [0.25, 0.3) is 10.4 Å². The first-order chi connectivity index (χ1) is 8.90. The molecule has 0 aromatic heterocycles. The minimum Gasteiger partial charge on any atom is -0.309 e. The highest BCUT2D eigenvalue weighted by atomic mass is 15.1. The van der Waals surface area contributed by atoms with Gasteiger partial charge in [0.25, 0.3) is 0 Å². The Labute approximate surface area is 106 Å². The van der Waals surface area contributed by atoms with Gasteiger partial charge in [0.1, 0.15) is 0 Å². The number of hydrogen-bond donors (Lipinski definition) is 1. The highest BCUT2D eigenvalue weighted by Crippen LogP contribution is 2.18. The van der Waals surface area contributed by atoms with Crippen LogP contribution in [0.1, 0.15) is 11.1 Å². The number of azide groups is 1. The molecule has 0 unspecified atom stereocenters. The fourth-order valence-corrected chi connectivity index (χ4v) is 1.74. The first-order valence-electron chi connectivity index (χ1n) is 5.78. The molecular formula is C14H14N4. The Morgan fingerprint density at radius 2 is 1.67 bits per heavy atom. The predicted molar refractivity (Wildman–Crippen MR) is 72.2 cm³/mol. The zero-order valence-corrected chi connectivity index (χ0v) is 9.95. The van der Waals surface area contributed by atoms with Crippen molar-refractivity contribution in [1.82, 2.24) is 5.32 Å². The van der Waals surface area contributed by atoms with Crippen LogP contribution in [0.5, 0.6) is 0 Å². The van der Waals surface area contributed by atoms with Gasteiger partial charge in [-0.05, 0) is 16.7 Å². The van der Waals surface area contributed by atoms with Crippen LogP contribution in [0.3, 0.4) is 0 Å². The maximum atomic E-state index is 8.49. The van der Waals surface area contributed by atoms with E-state index in [4.69, 9.17) is 5.53 Å². The Morgan fingerprint density at radius 1 is 0.944 bits per heavy atom. The standard InChI is InChI=1S/C14H14N4/c15-18-17-14-9-5-4-8-13(14)11-16-10-12-6-2-1-3-7-12/h1-9,16H,10-11H2. The topological polar surface area (TPSA) is 60.8 Å². The van der Waals surface area contributed by atoms with Crippen molar-refractivity contribution in [3.05, 3.63) is 76.2 Å². The summed E-state index contributed by atoms with van der Waals surface area (Å²) in [5.74, 6) is 0. The maximum Gasteiger partial charge on any atom is 0.0420 e. The summed E-state index contributed by atoms with van der Waals surface area (Å²) >= 11 is 0. The average Bonchev–Trinajstić information content (AvgIpc) is 2.42. The van der Waals surface area contributed by atoms with E-state index in [2.05, 4.69) is 27.5 Å². The minimum atomic E-state index is 0.681. The molecule has 0 aliphatic heterocycles. The second-order valence-corrected chi connectivity index (χ2v) is 3.91. The van der Waals surface area contributed by atoms with Gasteiger partial charge in [0, 0.05) is 23.7 Å². The van der Waals surface area contributed by atoms with Crippen LogP contribution in [0.4, 0.5) is 5.69 Å². The number of rotatable bonds is 5. The van der Waals surface area contributed by atoms with Gasteiger partial charge >= 0.3 is 0 Å². The summed E-state index contributed by atoms with van der Waals surface area (Å²) in [6.07, 6.45) is 0. The highest BCUT2D eigenvalue weighted by Gasteiger charge is 1.99. The molecule has 0 saturated carbocycles. The third-order valence-corrected chi connectivity index (χ3v) is 2.63. The first-order valence-corrected chi connectivity index (χ1v) is 5.78. The lowest BCUT2D eigenvalue weighted by Gasteiger charge is -2.07. The summed E-state index contributed by atoms with van der Waals surface area (Å²) in [4.78, 5) is 2.83. The monoisotopic (exact) mass is 238 g/mol. The second kappa shape index (κ2) is 6.45. The maximum absolute atomic E-state index is 8.49. The number of nitrogens with one attached hydrogen (secondary N) is 1. The molecule has 0 bridgehead atoms. The Bertz CT molecular complexity index is 545. The fraction of sp³-hybridized carbons (Fsp3) is 0.143. The molecule has 0 aliphatic rings. The molecule has 18 heavy (non-hydrogen) atoms.